The lowest BCUT2D eigenvalue weighted by molar-refractivity contribution is -0.139. The van der Waals surface area contributed by atoms with Crippen LogP contribution in [0, 0.1) is 19.8 Å². The predicted octanol–water partition coefficient (Wildman–Crippen LogP) is 7.08. The number of ether oxygens (including phenoxy) is 2. The van der Waals surface area contributed by atoms with Gasteiger partial charge in [0.1, 0.15) is 17.2 Å². The summed E-state index contributed by atoms with van der Waals surface area (Å²) in [5, 5.41) is 2.17. The molecule has 1 unspecified atom stereocenters. The van der Waals surface area contributed by atoms with Crippen LogP contribution in [0.5, 0.6) is 5.75 Å². The molecule has 0 saturated carbocycles. The smallest absolute Gasteiger partial charge is 0.419 e. The van der Waals surface area contributed by atoms with Crippen LogP contribution in [0.15, 0.2) is 24.3 Å². The Labute approximate surface area is 207 Å². The summed E-state index contributed by atoms with van der Waals surface area (Å²) in [6.07, 6.45) is -4.55. The van der Waals surface area contributed by atoms with Gasteiger partial charge in [0.15, 0.2) is 0 Å². The zero-order chi connectivity index (χ0) is 26.6. The van der Waals surface area contributed by atoms with Crippen LogP contribution in [0.4, 0.5) is 18.0 Å². The van der Waals surface area contributed by atoms with E-state index in [4.69, 9.17) is 9.47 Å². The molecule has 2 rings (SSSR count). The lowest BCUT2D eigenvalue weighted by Crippen LogP contribution is -2.36. The van der Waals surface area contributed by atoms with Crippen molar-refractivity contribution in [2.75, 3.05) is 6.61 Å². The molecule has 0 fully saturated rings. The molecule has 10 heteroatoms. The summed E-state index contributed by atoms with van der Waals surface area (Å²) >= 11 is 0. The number of aromatic nitrogens is 2. The Bertz CT molecular complexity index is 1020. The van der Waals surface area contributed by atoms with Gasteiger partial charge in [0.2, 0.25) is 0 Å². The number of nitrogens with zero attached hydrogens (tertiary/aromatic N) is 2. The first-order chi connectivity index (χ1) is 16.0. The highest BCUT2D eigenvalue weighted by Gasteiger charge is 2.36. The fraction of sp³-hybridized carbons (Fsp3) is 0.560. The summed E-state index contributed by atoms with van der Waals surface area (Å²) in [5.74, 6) is 0.461. The Morgan fingerprint density at radius 3 is 2.29 bits per heavy atom. The second-order valence-electron chi connectivity index (χ2n) is 10.3. The van der Waals surface area contributed by atoms with Crippen LogP contribution in [0.3, 0.4) is 0 Å². The van der Waals surface area contributed by atoms with Gasteiger partial charge in [0, 0.05) is 16.4 Å². The van der Waals surface area contributed by atoms with E-state index in [9.17, 15) is 18.0 Å². The van der Waals surface area contributed by atoms with Crippen LogP contribution in [0.2, 0.25) is 0 Å². The van der Waals surface area contributed by atoms with E-state index in [0.717, 1.165) is 6.07 Å². The minimum Gasteiger partial charge on any atom is -0.492 e. The minimum atomic E-state index is -4.62. The van der Waals surface area contributed by atoms with Crippen molar-refractivity contribution in [1.29, 1.82) is 0 Å². The molecular formula is C25H35F3N3O3P. The number of nitrogens with one attached hydrogen (secondary N) is 1. The van der Waals surface area contributed by atoms with Gasteiger partial charge >= 0.3 is 12.3 Å². The maximum absolute atomic E-state index is 14.0. The SMILES string of the molecule is Cc1cc(-c2ccc(OC[C@](C)(CC(C)C)PNC(=O)OC(C)(C)C)c(C(F)(F)F)c2)nc(C)n1. The van der Waals surface area contributed by atoms with Crippen molar-refractivity contribution in [3.05, 3.63) is 41.3 Å². The number of hydrogen-bond acceptors (Lipinski definition) is 5. The van der Waals surface area contributed by atoms with E-state index < -0.39 is 28.6 Å². The van der Waals surface area contributed by atoms with E-state index in [0.29, 0.717) is 29.2 Å². The van der Waals surface area contributed by atoms with Crippen molar-refractivity contribution in [1.82, 2.24) is 15.1 Å². The average molecular weight is 514 g/mol. The first-order valence-corrected chi connectivity index (χ1v) is 12.4. The summed E-state index contributed by atoms with van der Waals surface area (Å²) in [7, 11) is -0.105. The molecule has 35 heavy (non-hydrogen) atoms. The normalized spacial score (nSPS) is 14.3. The van der Waals surface area contributed by atoms with Crippen molar-refractivity contribution >= 4 is 14.8 Å². The van der Waals surface area contributed by atoms with Crippen molar-refractivity contribution in [2.24, 2.45) is 5.92 Å². The second kappa shape index (κ2) is 11.1. The number of aryl methyl sites for hydroxylation is 2. The minimum absolute atomic E-state index is 0.00638. The Hall–Kier alpha value is -2.41. The highest BCUT2D eigenvalue weighted by Crippen LogP contribution is 2.41. The molecule has 0 spiro atoms. The lowest BCUT2D eigenvalue weighted by Gasteiger charge is -2.32. The molecular weight excluding hydrogens is 478 g/mol. The number of carbonyl (C=O) groups excluding carboxylic acids is 1. The molecule has 1 aromatic heterocycles. The fourth-order valence-corrected chi connectivity index (χ4v) is 4.80. The first-order valence-electron chi connectivity index (χ1n) is 11.4. The third-order valence-corrected chi connectivity index (χ3v) is 6.10. The molecule has 1 amide bonds. The summed E-state index contributed by atoms with van der Waals surface area (Å²) in [6.45, 7) is 14.7. The molecule has 0 aliphatic heterocycles. The van der Waals surface area contributed by atoms with Gasteiger partial charge in [-0.15, -0.1) is 0 Å². The van der Waals surface area contributed by atoms with Gasteiger partial charge in [0.25, 0.3) is 0 Å². The Balaban J connectivity index is 2.28. The lowest BCUT2D eigenvalue weighted by atomic mass is 9.98. The quantitative estimate of drug-likeness (QED) is 0.382. The molecule has 194 valence electrons. The van der Waals surface area contributed by atoms with Crippen LogP contribution < -0.4 is 9.82 Å². The highest BCUT2D eigenvalue weighted by molar-refractivity contribution is 7.38. The van der Waals surface area contributed by atoms with Gasteiger partial charge in [-0.05, 0) is 80.0 Å². The zero-order valence-electron chi connectivity index (χ0n) is 21.6. The highest BCUT2D eigenvalue weighted by atomic mass is 31.1. The topological polar surface area (TPSA) is 73.3 Å². The molecule has 0 aliphatic carbocycles. The van der Waals surface area contributed by atoms with Crippen molar-refractivity contribution in [3.63, 3.8) is 0 Å². The van der Waals surface area contributed by atoms with Gasteiger partial charge in [-0.2, -0.15) is 13.2 Å². The Morgan fingerprint density at radius 1 is 1.09 bits per heavy atom. The number of amides is 1. The molecule has 0 radical (unpaired) electrons. The average Bonchev–Trinajstić information content (AvgIpc) is 2.68. The van der Waals surface area contributed by atoms with Crippen LogP contribution in [-0.4, -0.2) is 33.4 Å². The molecule has 1 heterocycles. The Morgan fingerprint density at radius 2 is 1.74 bits per heavy atom. The summed E-state index contributed by atoms with van der Waals surface area (Å²) in [6, 6.07) is 5.59. The van der Waals surface area contributed by atoms with E-state index in [2.05, 4.69) is 15.1 Å². The monoisotopic (exact) mass is 513 g/mol. The largest absolute Gasteiger partial charge is 0.492 e. The van der Waals surface area contributed by atoms with Gasteiger partial charge in [-0.3, -0.25) is 0 Å². The van der Waals surface area contributed by atoms with Crippen molar-refractivity contribution < 1.29 is 27.4 Å². The van der Waals surface area contributed by atoms with Crippen LogP contribution in [0.1, 0.15) is 65.0 Å². The first kappa shape index (κ1) is 28.8. The number of halogens is 3. The molecule has 1 N–H and O–H groups in total. The molecule has 1 aromatic carbocycles. The number of carbonyl (C=O) groups is 1. The van der Waals surface area contributed by atoms with Crippen LogP contribution >= 0.6 is 8.73 Å². The molecule has 0 saturated heterocycles. The van der Waals surface area contributed by atoms with E-state index in [1.165, 1.54) is 6.07 Å². The standard InChI is InChI=1S/C25H35F3N3O3P/c1-15(2)13-24(8,35-31-22(32)34-23(5,6)7)14-33-21-10-9-18(12-19(21)25(26,27)28)20-11-16(3)29-17(4)30-20/h9-12,15,35H,13-14H2,1-8H3,(H,31,32)/t24-/m0/s1. The molecule has 2 atom stereocenters. The zero-order valence-corrected chi connectivity index (χ0v) is 22.6. The van der Waals surface area contributed by atoms with Gasteiger partial charge in [-0.25, -0.2) is 14.8 Å². The van der Waals surface area contributed by atoms with Crippen LogP contribution in [-0.2, 0) is 10.9 Å². The predicted molar refractivity (Wildman–Crippen MR) is 133 cm³/mol. The van der Waals surface area contributed by atoms with Gasteiger partial charge < -0.3 is 14.6 Å². The van der Waals surface area contributed by atoms with Crippen molar-refractivity contribution in [3.8, 4) is 17.0 Å². The van der Waals surface area contributed by atoms with Gasteiger partial charge in [-0.1, -0.05) is 20.8 Å². The van der Waals surface area contributed by atoms with E-state index in [1.54, 1.807) is 46.8 Å². The number of benzene rings is 1. The third kappa shape index (κ3) is 9.28. The second-order valence-corrected chi connectivity index (χ2v) is 12.1. The molecule has 2 aromatic rings. The maximum atomic E-state index is 14.0. The summed E-state index contributed by atoms with van der Waals surface area (Å²) in [4.78, 5) is 20.6. The van der Waals surface area contributed by atoms with E-state index in [1.807, 2.05) is 20.8 Å². The molecule has 0 bridgehead atoms. The molecule has 0 aliphatic rings. The number of hydrogen-bond donors (Lipinski definition) is 1. The fourth-order valence-electron chi connectivity index (χ4n) is 3.69. The number of alkyl halides is 3. The van der Waals surface area contributed by atoms with E-state index >= 15 is 0 Å². The van der Waals surface area contributed by atoms with Gasteiger partial charge in [0.05, 0.1) is 17.9 Å². The Kier molecular flexibility index (Phi) is 9.15. The summed E-state index contributed by atoms with van der Waals surface area (Å²) < 4.78 is 52.9. The van der Waals surface area contributed by atoms with Crippen molar-refractivity contribution in [2.45, 2.75) is 78.7 Å². The van der Waals surface area contributed by atoms with E-state index in [-0.39, 0.29) is 27.0 Å². The third-order valence-electron chi connectivity index (χ3n) is 4.82. The summed E-state index contributed by atoms with van der Waals surface area (Å²) in [5.41, 5.74) is -0.108. The molecule has 6 nitrogen and oxygen atoms in total. The van der Waals surface area contributed by atoms with Crippen LogP contribution in [0.25, 0.3) is 11.3 Å². The maximum Gasteiger partial charge on any atom is 0.419 e. The number of rotatable bonds is 8.